The molecule has 0 aromatic heterocycles. The summed E-state index contributed by atoms with van der Waals surface area (Å²) in [6.45, 7) is 11.6. The summed E-state index contributed by atoms with van der Waals surface area (Å²) in [7, 11) is 1.70. The lowest BCUT2D eigenvalue weighted by atomic mass is 10.1. The normalized spacial score (nSPS) is 17.8. The van der Waals surface area contributed by atoms with Gasteiger partial charge in [-0.25, -0.2) is 0 Å². The number of hydrogen-bond donors (Lipinski definition) is 3. The second-order valence-corrected chi connectivity index (χ2v) is 7.57. The molecule has 0 bridgehead atoms. The third-order valence-corrected chi connectivity index (χ3v) is 4.71. The second-order valence-electron chi connectivity index (χ2n) is 7.57. The molecule has 28 heavy (non-hydrogen) atoms. The van der Waals surface area contributed by atoms with Crippen molar-refractivity contribution >= 4 is 5.96 Å². The van der Waals surface area contributed by atoms with E-state index in [1.54, 1.807) is 7.11 Å². The van der Waals surface area contributed by atoms with Crippen molar-refractivity contribution in [3.05, 3.63) is 29.3 Å². The summed E-state index contributed by atoms with van der Waals surface area (Å²) in [6.07, 6.45) is 0.833. The van der Waals surface area contributed by atoms with Gasteiger partial charge in [0.25, 0.3) is 0 Å². The highest BCUT2D eigenvalue weighted by atomic mass is 16.5. The maximum absolute atomic E-state index is 10.7. The van der Waals surface area contributed by atoms with Crippen molar-refractivity contribution in [1.29, 1.82) is 0 Å². The fourth-order valence-electron chi connectivity index (χ4n) is 3.30. The number of aliphatic imine (C=N–C) groups is 1. The van der Waals surface area contributed by atoms with Crippen LogP contribution in [0.15, 0.2) is 23.2 Å². The molecule has 1 atom stereocenters. The Hall–Kier alpha value is -1.83. The number of aryl methyl sites for hydroxylation is 1. The predicted molar refractivity (Wildman–Crippen MR) is 113 cm³/mol. The number of methoxy groups -OCH3 is 1. The molecule has 3 N–H and O–H groups in total. The van der Waals surface area contributed by atoms with Crippen LogP contribution in [0.5, 0.6) is 5.75 Å². The van der Waals surface area contributed by atoms with E-state index in [2.05, 4.69) is 39.6 Å². The SMILES string of the molecule is CCNC(=NCC(C)(O)CN1CCOCC1)NCCc1cc(C)ccc1OC. The van der Waals surface area contributed by atoms with Crippen LogP contribution in [0.25, 0.3) is 0 Å². The molecule has 2 rings (SSSR count). The van der Waals surface area contributed by atoms with E-state index in [4.69, 9.17) is 9.47 Å². The fourth-order valence-corrected chi connectivity index (χ4v) is 3.30. The minimum atomic E-state index is -0.876. The monoisotopic (exact) mass is 392 g/mol. The van der Waals surface area contributed by atoms with E-state index >= 15 is 0 Å². The average molecular weight is 393 g/mol. The molecule has 1 fully saturated rings. The van der Waals surface area contributed by atoms with Gasteiger partial charge >= 0.3 is 0 Å². The summed E-state index contributed by atoms with van der Waals surface area (Å²) in [4.78, 5) is 6.82. The zero-order valence-corrected chi connectivity index (χ0v) is 17.8. The molecular weight excluding hydrogens is 356 g/mol. The van der Waals surface area contributed by atoms with Gasteiger partial charge in [0.05, 0.1) is 32.5 Å². The minimum Gasteiger partial charge on any atom is -0.496 e. The van der Waals surface area contributed by atoms with Gasteiger partial charge in [0.1, 0.15) is 5.75 Å². The topological polar surface area (TPSA) is 78.4 Å². The Morgan fingerprint density at radius 1 is 1.32 bits per heavy atom. The van der Waals surface area contributed by atoms with Crippen molar-refractivity contribution in [1.82, 2.24) is 15.5 Å². The molecule has 1 saturated heterocycles. The first kappa shape index (κ1) is 22.5. The van der Waals surface area contributed by atoms with Crippen molar-refractivity contribution < 1.29 is 14.6 Å². The summed E-state index contributed by atoms with van der Waals surface area (Å²) in [5.74, 6) is 1.62. The van der Waals surface area contributed by atoms with Crippen LogP contribution >= 0.6 is 0 Å². The van der Waals surface area contributed by atoms with E-state index in [0.717, 1.165) is 57.5 Å². The van der Waals surface area contributed by atoms with Crippen LogP contribution < -0.4 is 15.4 Å². The van der Waals surface area contributed by atoms with Gasteiger partial charge in [0, 0.05) is 32.7 Å². The maximum Gasteiger partial charge on any atom is 0.191 e. The molecule has 0 radical (unpaired) electrons. The standard InChI is InChI=1S/C21H36N4O3/c1-5-22-20(23-9-8-18-14-17(2)6-7-19(18)27-4)24-15-21(3,26)16-25-10-12-28-13-11-25/h6-7,14,26H,5,8-13,15-16H2,1-4H3,(H2,22,23,24). The van der Waals surface area contributed by atoms with E-state index in [-0.39, 0.29) is 0 Å². The molecule has 1 heterocycles. The molecule has 0 spiro atoms. The van der Waals surface area contributed by atoms with Gasteiger partial charge in [-0.3, -0.25) is 9.89 Å². The molecule has 7 nitrogen and oxygen atoms in total. The molecule has 1 aliphatic rings. The van der Waals surface area contributed by atoms with Crippen LogP contribution in [-0.2, 0) is 11.2 Å². The molecule has 1 unspecified atom stereocenters. The highest BCUT2D eigenvalue weighted by Gasteiger charge is 2.25. The van der Waals surface area contributed by atoms with Gasteiger partial charge in [-0.1, -0.05) is 17.7 Å². The van der Waals surface area contributed by atoms with Crippen LogP contribution in [0.1, 0.15) is 25.0 Å². The number of benzene rings is 1. The van der Waals surface area contributed by atoms with Gasteiger partial charge in [0.15, 0.2) is 5.96 Å². The summed E-state index contributed by atoms with van der Waals surface area (Å²) >= 11 is 0. The van der Waals surface area contributed by atoms with E-state index in [9.17, 15) is 5.11 Å². The summed E-state index contributed by atoms with van der Waals surface area (Å²) in [5, 5.41) is 17.3. The van der Waals surface area contributed by atoms with E-state index in [1.807, 2.05) is 19.9 Å². The minimum absolute atomic E-state index is 0.341. The number of nitrogens with one attached hydrogen (secondary N) is 2. The summed E-state index contributed by atoms with van der Waals surface area (Å²) < 4.78 is 10.8. The third kappa shape index (κ3) is 7.66. The second kappa shape index (κ2) is 11.2. The summed E-state index contributed by atoms with van der Waals surface area (Å²) in [5.41, 5.74) is 1.51. The Labute approximate surface area is 169 Å². The lowest BCUT2D eigenvalue weighted by Gasteiger charge is -2.33. The van der Waals surface area contributed by atoms with Gasteiger partial charge in [-0.2, -0.15) is 0 Å². The quantitative estimate of drug-likeness (QED) is 0.433. The molecule has 0 amide bonds. The Morgan fingerprint density at radius 3 is 2.75 bits per heavy atom. The Kier molecular flexibility index (Phi) is 9.02. The van der Waals surface area contributed by atoms with Gasteiger partial charge in [0.2, 0.25) is 0 Å². The molecule has 1 aromatic rings. The number of rotatable bonds is 9. The highest BCUT2D eigenvalue weighted by molar-refractivity contribution is 5.79. The number of guanidine groups is 1. The van der Waals surface area contributed by atoms with Crippen molar-refractivity contribution in [2.75, 3.05) is 59.6 Å². The van der Waals surface area contributed by atoms with Gasteiger partial charge in [-0.15, -0.1) is 0 Å². The lowest BCUT2D eigenvalue weighted by Crippen LogP contribution is -2.48. The Bertz CT molecular complexity index is 628. The van der Waals surface area contributed by atoms with E-state index < -0.39 is 5.60 Å². The number of morpholine rings is 1. The van der Waals surface area contributed by atoms with Crippen LogP contribution in [0.4, 0.5) is 0 Å². The van der Waals surface area contributed by atoms with Crippen molar-refractivity contribution in [3.63, 3.8) is 0 Å². The molecule has 1 aliphatic heterocycles. The molecule has 0 aliphatic carbocycles. The molecule has 158 valence electrons. The Morgan fingerprint density at radius 2 is 2.07 bits per heavy atom. The number of aliphatic hydroxyl groups is 1. The fraction of sp³-hybridized carbons (Fsp3) is 0.667. The molecule has 0 saturated carbocycles. The lowest BCUT2D eigenvalue weighted by molar-refractivity contribution is -0.0179. The first-order valence-corrected chi connectivity index (χ1v) is 10.1. The van der Waals surface area contributed by atoms with Gasteiger partial charge in [-0.05, 0) is 38.8 Å². The van der Waals surface area contributed by atoms with Crippen LogP contribution in [-0.4, -0.2) is 81.2 Å². The average Bonchev–Trinajstić information content (AvgIpc) is 2.67. The number of ether oxygens (including phenoxy) is 2. The smallest absolute Gasteiger partial charge is 0.191 e. The maximum atomic E-state index is 10.7. The van der Waals surface area contributed by atoms with E-state index in [0.29, 0.717) is 13.1 Å². The van der Waals surface area contributed by atoms with Crippen molar-refractivity contribution in [2.24, 2.45) is 4.99 Å². The van der Waals surface area contributed by atoms with Crippen molar-refractivity contribution in [2.45, 2.75) is 32.8 Å². The third-order valence-electron chi connectivity index (χ3n) is 4.71. The van der Waals surface area contributed by atoms with Crippen LogP contribution in [0.3, 0.4) is 0 Å². The predicted octanol–water partition coefficient (Wildman–Crippen LogP) is 1.18. The van der Waals surface area contributed by atoms with E-state index in [1.165, 1.54) is 11.1 Å². The van der Waals surface area contributed by atoms with Gasteiger partial charge < -0.3 is 25.2 Å². The number of hydrogen-bond acceptors (Lipinski definition) is 5. The van der Waals surface area contributed by atoms with Crippen LogP contribution in [0.2, 0.25) is 0 Å². The van der Waals surface area contributed by atoms with Crippen molar-refractivity contribution in [3.8, 4) is 5.75 Å². The summed E-state index contributed by atoms with van der Waals surface area (Å²) in [6, 6.07) is 6.21. The first-order chi connectivity index (χ1) is 13.4. The number of β-amino-alcohol motifs (C(OH)–C–C–N with tert-alkyl or cyclic N) is 1. The molecular formula is C21H36N4O3. The highest BCUT2D eigenvalue weighted by Crippen LogP contribution is 2.19. The van der Waals surface area contributed by atoms with Crippen LogP contribution in [0, 0.1) is 6.92 Å². The first-order valence-electron chi connectivity index (χ1n) is 10.1. The zero-order chi connectivity index (χ0) is 20.4. The number of nitrogens with zero attached hydrogens (tertiary/aromatic N) is 2. The largest absolute Gasteiger partial charge is 0.496 e. The zero-order valence-electron chi connectivity index (χ0n) is 17.8. The Balaban J connectivity index is 1.88. The molecule has 1 aromatic carbocycles. The molecule has 7 heteroatoms.